The number of carbonyl (C=O) groups excluding carboxylic acids is 2. The molecule has 0 saturated heterocycles. The summed E-state index contributed by atoms with van der Waals surface area (Å²) in [6.07, 6.45) is 0.563. The molecular weight excluding hydrogens is 351 g/mol. The molecule has 0 aliphatic carbocycles. The van der Waals surface area contributed by atoms with E-state index in [0.29, 0.717) is 36.6 Å². The number of nitrogens with one attached hydrogen (secondary N) is 2. The van der Waals surface area contributed by atoms with Crippen LogP contribution in [0.15, 0.2) is 54.6 Å². The number of benzene rings is 2. The minimum Gasteiger partial charge on any atom is -0.355 e. The summed E-state index contributed by atoms with van der Waals surface area (Å²) in [7, 11) is 0. The number of hydrogen-bond acceptors (Lipinski definition) is 3. The molecule has 2 aromatic rings. The van der Waals surface area contributed by atoms with Crippen LogP contribution in [0.1, 0.15) is 17.5 Å². The average Bonchev–Trinajstić information content (AvgIpc) is 2.63. The molecule has 0 aromatic heterocycles. The lowest BCUT2D eigenvalue weighted by molar-refractivity contribution is -0.121. The van der Waals surface area contributed by atoms with E-state index in [9.17, 15) is 14.0 Å². The van der Waals surface area contributed by atoms with Gasteiger partial charge in [-0.05, 0) is 17.2 Å². The first-order valence-electron chi connectivity index (χ1n) is 8.53. The molecule has 0 heterocycles. The zero-order valence-corrected chi connectivity index (χ0v) is 15.4. The standard InChI is InChI=1S/C20H23FN2O2S/c21-18-9-5-4-8-17(18)15-26-13-12-23-19(24)10-11-22-20(25)14-16-6-2-1-3-7-16/h1-9H,10-15H2,(H,22,25)(H,23,24). The average molecular weight is 374 g/mol. The van der Waals surface area contributed by atoms with Gasteiger partial charge in [-0.2, -0.15) is 11.8 Å². The Morgan fingerprint density at radius 2 is 1.58 bits per heavy atom. The van der Waals surface area contributed by atoms with Gasteiger partial charge in [0.1, 0.15) is 5.82 Å². The fourth-order valence-electron chi connectivity index (χ4n) is 2.31. The molecule has 0 aliphatic heterocycles. The van der Waals surface area contributed by atoms with E-state index in [2.05, 4.69) is 10.6 Å². The van der Waals surface area contributed by atoms with Crippen molar-refractivity contribution in [1.82, 2.24) is 10.6 Å². The van der Waals surface area contributed by atoms with Crippen LogP contribution in [0.2, 0.25) is 0 Å². The summed E-state index contributed by atoms with van der Waals surface area (Å²) in [4.78, 5) is 23.5. The normalized spacial score (nSPS) is 10.3. The van der Waals surface area contributed by atoms with Crippen LogP contribution in [0.4, 0.5) is 4.39 Å². The highest BCUT2D eigenvalue weighted by atomic mass is 32.2. The Balaban J connectivity index is 1.51. The first-order chi connectivity index (χ1) is 12.6. The van der Waals surface area contributed by atoms with E-state index in [1.807, 2.05) is 36.4 Å². The molecule has 138 valence electrons. The molecule has 0 fully saturated rings. The molecule has 0 aliphatic rings. The molecule has 0 unspecified atom stereocenters. The van der Waals surface area contributed by atoms with Crippen LogP contribution < -0.4 is 10.6 Å². The van der Waals surface area contributed by atoms with Crippen LogP contribution in [-0.4, -0.2) is 30.7 Å². The van der Waals surface area contributed by atoms with Gasteiger partial charge in [0.05, 0.1) is 6.42 Å². The number of thioether (sulfide) groups is 1. The molecule has 0 spiro atoms. The Morgan fingerprint density at radius 3 is 2.35 bits per heavy atom. The maximum atomic E-state index is 13.5. The summed E-state index contributed by atoms with van der Waals surface area (Å²) >= 11 is 1.57. The van der Waals surface area contributed by atoms with Crippen molar-refractivity contribution in [3.05, 3.63) is 71.5 Å². The summed E-state index contributed by atoms with van der Waals surface area (Å²) in [5.41, 5.74) is 1.62. The van der Waals surface area contributed by atoms with Gasteiger partial charge in [0.15, 0.2) is 0 Å². The third-order valence-corrected chi connectivity index (χ3v) is 4.67. The van der Waals surface area contributed by atoms with Crippen LogP contribution in [0.5, 0.6) is 0 Å². The molecule has 0 saturated carbocycles. The largest absolute Gasteiger partial charge is 0.355 e. The van der Waals surface area contributed by atoms with Gasteiger partial charge in [0.25, 0.3) is 0 Å². The van der Waals surface area contributed by atoms with Crippen molar-refractivity contribution >= 4 is 23.6 Å². The van der Waals surface area contributed by atoms with Gasteiger partial charge in [0, 0.05) is 31.0 Å². The van der Waals surface area contributed by atoms with Gasteiger partial charge in [-0.1, -0.05) is 48.5 Å². The summed E-state index contributed by atoms with van der Waals surface area (Å²) in [6, 6.07) is 16.2. The monoisotopic (exact) mass is 374 g/mol. The highest BCUT2D eigenvalue weighted by Gasteiger charge is 2.05. The summed E-state index contributed by atoms with van der Waals surface area (Å²) in [6.45, 7) is 0.843. The molecule has 0 bridgehead atoms. The molecule has 2 aromatic carbocycles. The van der Waals surface area contributed by atoms with E-state index in [-0.39, 0.29) is 24.1 Å². The first-order valence-corrected chi connectivity index (χ1v) is 9.69. The van der Waals surface area contributed by atoms with Crippen molar-refractivity contribution in [3.63, 3.8) is 0 Å². The second kappa shape index (κ2) is 11.3. The van der Waals surface area contributed by atoms with Crippen molar-refractivity contribution in [2.24, 2.45) is 0 Å². The number of rotatable bonds is 10. The lowest BCUT2D eigenvalue weighted by atomic mass is 10.1. The second-order valence-electron chi connectivity index (χ2n) is 5.76. The van der Waals surface area contributed by atoms with Crippen molar-refractivity contribution in [2.45, 2.75) is 18.6 Å². The lowest BCUT2D eigenvalue weighted by Gasteiger charge is -2.07. The van der Waals surface area contributed by atoms with E-state index in [1.165, 1.54) is 6.07 Å². The van der Waals surface area contributed by atoms with Gasteiger partial charge < -0.3 is 10.6 Å². The van der Waals surface area contributed by atoms with Crippen molar-refractivity contribution in [1.29, 1.82) is 0 Å². The SMILES string of the molecule is O=C(CCNC(=O)Cc1ccccc1)NCCSCc1ccccc1F. The van der Waals surface area contributed by atoms with Crippen LogP contribution in [0, 0.1) is 5.82 Å². The molecule has 0 radical (unpaired) electrons. The van der Waals surface area contributed by atoms with Gasteiger partial charge in [-0.15, -0.1) is 0 Å². The van der Waals surface area contributed by atoms with Crippen LogP contribution >= 0.6 is 11.8 Å². The maximum absolute atomic E-state index is 13.5. The van der Waals surface area contributed by atoms with Crippen LogP contribution in [0.3, 0.4) is 0 Å². The number of amides is 2. The first kappa shape index (κ1) is 20.0. The quantitative estimate of drug-likeness (QED) is 0.629. The van der Waals surface area contributed by atoms with Gasteiger partial charge in [-0.25, -0.2) is 4.39 Å². The van der Waals surface area contributed by atoms with E-state index in [4.69, 9.17) is 0 Å². The molecular formula is C20H23FN2O2S. The van der Waals surface area contributed by atoms with Gasteiger partial charge in [-0.3, -0.25) is 9.59 Å². The Hall–Kier alpha value is -2.34. The second-order valence-corrected chi connectivity index (χ2v) is 6.86. The van der Waals surface area contributed by atoms with Crippen LogP contribution in [0.25, 0.3) is 0 Å². The lowest BCUT2D eigenvalue weighted by Crippen LogP contribution is -2.32. The molecule has 2 rings (SSSR count). The molecule has 0 atom stereocenters. The minimum atomic E-state index is -0.199. The zero-order valence-electron chi connectivity index (χ0n) is 14.5. The van der Waals surface area contributed by atoms with Crippen molar-refractivity contribution < 1.29 is 14.0 Å². The fourth-order valence-corrected chi connectivity index (χ4v) is 3.15. The summed E-state index contributed by atoms with van der Waals surface area (Å²) in [5, 5.41) is 5.55. The molecule has 26 heavy (non-hydrogen) atoms. The number of hydrogen-bond donors (Lipinski definition) is 2. The fraction of sp³-hybridized carbons (Fsp3) is 0.300. The zero-order chi connectivity index (χ0) is 18.6. The predicted molar refractivity (Wildman–Crippen MR) is 103 cm³/mol. The van der Waals surface area contributed by atoms with Gasteiger partial charge >= 0.3 is 0 Å². The Kier molecular flexibility index (Phi) is 8.69. The highest BCUT2D eigenvalue weighted by molar-refractivity contribution is 7.98. The Morgan fingerprint density at radius 1 is 0.885 bits per heavy atom. The predicted octanol–water partition coefficient (Wildman–Crippen LogP) is 2.92. The molecule has 6 heteroatoms. The van der Waals surface area contributed by atoms with E-state index in [1.54, 1.807) is 23.9 Å². The number of halogens is 1. The topological polar surface area (TPSA) is 58.2 Å². The molecule has 2 amide bonds. The number of carbonyl (C=O) groups is 2. The van der Waals surface area contributed by atoms with E-state index >= 15 is 0 Å². The summed E-state index contributed by atoms with van der Waals surface area (Å²) in [5.74, 6) is 0.898. The van der Waals surface area contributed by atoms with Crippen LogP contribution in [-0.2, 0) is 21.8 Å². The molecule has 4 nitrogen and oxygen atoms in total. The Labute approximate surface area is 157 Å². The Bertz CT molecular complexity index is 710. The third kappa shape index (κ3) is 7.70. The van der Waals surface area contributed by atoms with Crippen molar-refractivity contribution in [2.75, 3.05) is 18.8 Å². The maximum Gasteiger partial charge on any atom is 0.224 e. The third-order valence-electron chi connectivity index (χ3n) is 3.67. The van der Waals surface area contributed by atoms with E-state index < -0.39 is 0 Å². The summed E-state index contributed by atoms with van der Waals surface area (Å²) < 4.78 is 13.5. The molecule has 2 N–H and O–H groups in total. The van der Waals surface area contributed by atoms with E-state index in [0.717, 1.165) is 5.56 Å². The van der Waals surface area contributed by atoms with Gasteiger partial charge in [0.2, 0.25) is 11.8 Å². The minimum absolute atomic E-state index is 0.0931. The van der Waals surface area contributed by atoms with Crippen molar-refractivity contribution in [3.8, 4) is 0 Å². The highest BCUT2D eigenvalue weighted by Crippen LogP contribution is 2.14. The smallest absolute Gasteiger partial charge is 0.224 e.